The lowest BCUT2D eigenvalue weighted by Crippen LogP contribution is -2.40. The number of ether oxygens (including phenoxy) is 2. The highest BCUT2D eigenvalue weighted by atomic mass is 16.5. The van der Waals surface area contributed by atoms with Gasteiger partial charge in [0.1, 0.15) is 0 Å². The van der Waals surface area contributed by atoms with E-state index >= 15 is 0 Å². The second-order valence-electron chi connectivity index (χ2n) is 7.66. The molecule has 0 aromatic heterocycles. The van der Waals surface area contributed by atoms with E-state index in [1.165, 1.54) is 18.2 Å². The number of nitrogens with zero attached hydrogens (tertiary/aromatic N) is 2. The molecule has 1 saturated heterocycles. The molecule has 2 aliphatic heterocycles. The molecular formula is C22H28N2O6. The number of fused-ring (bicyclic) bond motifs is 1. The molecule has 3 amide bonds. The van der Waals surface area contributed by atoms with Crippen LogP contribution in [-0.4, -0.2) is 72.9 Å². The Morgan fingerprint density at radius 3 is 2.37 bits per heavy atom. The summed E-state index contributed by atoms with van der Waals surface area (Å²) in [6.45, 7) is 3.60. The normalized spacial score (nSPS) is 17.5. The Morgan fingerprint density at radius 1 is 1.03 bits per heavy atom. The highest BCUT2D eigenvalue weighted by Gasteiger charge is 2.36. The highest BCUT2D eigenvalue weighted by molar-refractivity contribution is 6.22. The molecule has 0 saturated carbocycles. The average molecular weight is 416 g/mol. The minimum atomic E-state index is -0.910. The zero-order valence-electron chi connectivity index (χ0n) is 17.5. The number of hydrogen-bond acceptors (Lipinski definition) is 6. The van der Waals surface area contributed by atoms with Gasteiger partial charge in [-0.2, -0.15) is 0 Å². The van der Waals surface area contributed by atoms with Crippen LogP contribution in [0.25, 0.3) is 0 Å². The van der Waals surface area contributed by atoms with Crippen molar-refractivity contribution in [2.75, 3.05) is 33.4 Å². The van der Waals surface area contributed by atoms with Crippen molar-refractivity contribution in [2.45, 2.75) is 45.1 Å². The van der Waals surface area contributed by atoms with Crippen LogP contribution in [0.3, 0.4) is 0 Å². The predicted molar refractivity (Wildman–Crippen MR) is 108 cm³/mol. The van der Waals surface area contributed by atoms with Gasteiger partial charge in [-0.15, -0.1) is 0 Å². The van der Waals surface area contributed by atoms with Crippen LogP contribution in [0, 0.1) is 0 Å². The molecular weight excluding hydrogens is 388 g/mol. The molecule has 0 spiro atoms. The number of rotatable bonds is 7. The van der Waals surface area contributed by atoms with Crippen LogP contribution in [-0.2, 0) is 14.3 Å². The molecule has 0 N–H and O–H groups in total. The summed E-state index contributed by atoms with van der Waals surface area (Å²) in [7, 11) is 1.55. The van der Waals surface area contributed by atoms with Gasteiger partial charge in [-0.3, -0.25) is 19.3 Å². The minimum absolute atomic E-state index is 0.143. The maximum absolute atomic E-state index is 12.6. The van der Waals surface area contributed by atoms with Crippen LogP contribution in [0.1, 0.15) is 70.1 Å². The number of likely N-dealkylation sites (tertiary alicyclic amines) is 1. The number of carbonyl (C=O) groups is 4. The Labute approximate surface area is 176 Å². The predicted octanol–water partition coefficient (Wildman–Crippen LogP) is 2.27. The van der Waals surface area contributed by atoms with Crippen molar-refractivity contribution in [3.05, 3.63) is 34.9 Å². The van der Waals surface area contributed by atoms with Gasteiger partial charge in [0.2, 0.25) is 0 Å². The van der Waals surface area contributed by atoms with Crippen molar-refractivity contribution in [1.82, 2.24) is 9.80 Å². The Kier molecular flexibility index (Phi) is 7.20. The van der Waals surface area contributed by atoms with E-state index in [9.17, 15) is 19.2 Å². The summed E-state index contributed by atoms with van der Waals surface area (Å²) >= 11 is 0. The highest BCUT2D eigenvalue weighted by Crippen LogP contribution is 2.25. The molecule has 162 valence electrons. The van der Waals surface area contributed by atoms with Crippen molar-refractivity contribution in [3.8, 4) is 0 Å². The largest absolute Gasteiger partial charge is 0.449 e. The van der Waals surface area contributed by atoms with E-state index in [0.29, 0.717) is 26.1 Å². The maximum atomic E-state index is 12.6. The summed E-state index contributed by atoms with van der Waals surface area (Å²) in [6, 6.07) is 4.29. The van der Waals surface area contributed by atoms with Crippen molar-refractivity contribution in [1.29, 1.82) is 0 Å². The fraction of sp³-hybridized carbons (Fsp3) is 0.545. The van der Waals surface area contributed by atoms with E-state index in [1.807, 2.05) is 0 Å². The van der Waals surface area contributed by atoms with Crippen LogP contribution in [0.2, 0.25) is 0 Å². The number of amides is 3. The van der Waals surface area contributed by atoms with Crippen molar-refractivity contribution < 1.29 is 28.7 Å². The number of benzene rings is 1. The second kappa shape index (κ2) is 9.84. The van der Waals surface area contributed by atoms with E-state index in [2.05, 4.69) is 0 Å². The molecule has 1 atom stereocenters. The molecule has 0 unspecified atom stereocenters. The lowest BCUT2D eigenvalue weighted by Gasteiger charge is -2.24. The lowest BCUT2D eigenvalue weighted by atomic mass is 10.1. The Bertz CT molecular complexity index is 829. The third-order valence-electron chi connectivity index (χ3n) is 5.49. The first-order chi connectivity index (χ1) is 14.4. The second-order valence-corrected chi connectivity index (χ2v) is 7.66. The molecule has 1 fully saturated rings. The Morgan fingerprint density at radius 2 is 1.70 bits per heavy atom. The molecule has 8 heteroatoms. The molecule has 0 radical (unpaired) electrons. The number of methoxy groups -OCH3 is 1. The summed E-state index contributed by atoms with van der Waals surface area (Å²) in [6.07, 6.45) is 3.73. The van der Waals surface area contributed by atoms with Gasteiger partial charge in [-0.1, -0.05) is 12.8 Å². The molecule has 0 bridgehead atoms. The average Bonchev–Trinajstić information content (AvgIpc) is 2.93. The van der Waals surface area contributed by atoms with Crippen molar-refractivity contribution in [2.24, 2.45) is 0 Å². The SMILES string of the molecule is COCCCN1C(=O)c2ccc(C(=O)O[C@H](C)C(=O)N3CCCCCC3)cc2C1=O. The van der Waals surface area contributed by atoms with Crippen LogP contribution in [0.15, 0.2) is 18.2 Å². The van der Waals surface area contributed by atoms with Crippen LogP contribution < -0.4 is 0 Å². The Hall–Kier alpha value is -2.74. The quantitative estimate of drug-likeness (QED) is 0.385. The minimum Gasteiger partial charge on any atom is -0.449 e. The van der Waals surface area contributed by atoms with Gasteiger partial charge in [0.05, 0.1) is 16.7 Å². The standard InChI is InChI=1S/C22H28N2O6/c1-15(19(25)23-10-5-3-4-6-11-23)30-22(28)16-8-9-17-18(14-16)21(27)24(20(17)26)12-7-13-29-2/h8-9,14-15H,3-7,10-13H2,1-2H3/t15-/m1/s1. The van der Waals surface area contributed by atoms with Gasteiger partial charge in [-0.05, 0) is 44.4 Å². The smallest absolute Gasteiger partial charge is 0.338 e. The zero-order valence-corrected chi connectivity index (χ0v) is 17.5. The topological polar surface area (TPSA) is 93.2 Å². The van der Waals surface area contributed by atoms with Crippen molar-refractivity contribution >= 4 is 23.7 Å². The summed E-state index contributed by atoms with van der Waals surface area (Å²) < 4.78 is 10.3. The fourth-order valence-electron chi connectivity index (χ4n) is 3.81. The molecule has 0 aliphatic carbocycles. The van der Waals surface area contributed by atoms with Crippen LogP contribution >= 0.6 is 0 Å². The third kappa shape index (κ3) is 4.70. The van der Waals surface area contributed by atoms with Gasteiger partial charge in [0.15, 0.2) is 6.10 Å². The summed E-state index contributed by atoms with van der Waals surface area (Å²) in [5, 5.41) is 0. The van der Waals surface area contributed by atoms with E-state index in [0.717, 1.165) is 30.6 Å². The van der Waals surface area contributed by atoms with E-state index in [-0.39, 0.29) is 35.0 Å². The van der Waals surface area contributed by atoms with E-state index in [4.69, 9.17) is 9.47 Å². The maximum Gasteiger partial charge on any atom is 0.338 e. The monoisotopic (exact) mass is 416 g/mol. The van der Waals surface area contributed by atoms with Gasteiger partial charge >= 0.3 is 5.97 Å². The summed E-state index contributed by atoms with van der Waals surface area (Å²) in [5.41, 5.74) is 0.588. The molecule has 1 aromatic rings. The molecule has 1 aromatic carbocycles. The molecule has 30 heavy (non-hydrogen) atoms. The molecule has 8 nitrogen and oxygen atoms in total. The van der Waals surface area contributed by atoms with E-state index in [1.54, 1.807) is 18.9 Å². The van der Waals surface area contributed by atoms with Crippen LogP contribution in [0.4, 0.5) is 0 Å². The lowest BCUT2D eigenvalue weighted by molar-refractivity contribution is -0.139. The number of carbonyl (C=O) groups excluding carboxylic acids is 4. The summed E-state index contributed by atoms with van der Waals surface area (Å²) in [5.74, 6) is -1.71. The Balaban J connectivity index is 1.66. The van der Waals surface area contributed by atoms with Gasteiger partial charge in [0.25, 0.3) is 17.7 Å². The first kappa shape index (κ1) is 22.0. The number of imide groups is 1. The van der Waals surface area contributed by atoms with Crippen molar-refractivity contribution in [3.63, 3.8) is 0 Å². The zero-order chi connectivity index (χ0) is 21.7. The van der Waals surface area contributed by atoms with Gasteiger partial charge < -0.3 is 14.4 Å². The fourth-order valence-corrected chi connectivity index (χ4v) is 3.81. The molecule has 3 rings (SSSR count). The number of esters is 1. The van der Waals surface area contributed by atoms with Gasteiger partial charge in [0, 0.05) is 33.4 Å². The third-order valence-corrected chi connectivity index (χ3v) is 5.49. The summed E-state index contributed by atoms with van der Waals surface area (Å²) in [4.78, 5) is 53.1. The first-order valence-electron chi connectivity index (χ1n) is 10.4. The molecule has 2 aliphatic rings. The number of hydrogen-bond donors (Lipinski definition) is 0. The molecule has 2 heterocycles. The van der Waals surface area contributed by atoms with Crippen LogP contribution in [0.5, 0.6) is 0 Å². The van der Waals surface area contributed by atoms with E-state index < -0.39 is 18.0 Å². The van der Waals surface area contributed by atoms with Gasteiger partial charge in [-0.25, -0.2) is 4.79 Å². The first-order valence-corrected chi connectivity index (χ1v) is 10.4.